The first-order valence-electron chi connectivity index (χ1n) is 43.7. The Labute approximate surface area is 732 Å². The van der Waals surface area contributed by atoms with Crippen LogP contribution in [0.3, 0.4) is 0 Å². The molecule has 0 atom stereocenters. The van der Waals surface area contributed by atoms with Crippen molar-refractivity contribution in [3.63, 3.8) is 0 Å². The van der Waals surface area contributed by atoms with Crippen LogP contribution in [0.15, 0.2) is 473 Å². The third-order valence-corrected chi connectivity index (χ3v) is 26.6. The zero-order valence-corrected chi connectivity index (χ0v) is 69.0. The third kappa shape index (κ3) is 12.4. The first kappa shape index (κ1) is 72.4. The molecular formula is C122H78BN3. The molecule has 23 aromatic rings. The molecule has 0 N–H and O–H groups in total. The lowest BCUT2D eigenvalue weighted by atomic mass is 9.33. The summed E-state index contributed by atoms with van der Waals surface area (Å²) in [5.41, 5.74) is 31.8. The van der Waals surface area contributed by atoms with Crippen LogP contribution in [0.4, 0.5) is 51.2 Å². The van der Waals surface area contributed by atoms with Crippen molar-refractivity contribution in [2.24, 2.45) is 0 Å². The van der Waals surface area contributed by atoms with Gasteiger partial charge in [-0.15, -0.1) is 0 Å². The van der Waals surface area contributed by atoms with E-state index in [-0.39, 0.29) is 6.71 Å². The van der Waals surface area contributed by atoms with Crippen LogP contribution in [0, 0.1) is 0 Å². The number of rotatable bonds is 13. The fourth-order valence-corrected chi connectivity index (χ4v) is 20.5. The van der Waals surface area contributed by atoms with E-state index in [1.807, 2.05) is 0 Å². The number of benzene rings is 23. The lowest BCUT2D eigenvalue weighted by Gasteiger charge is -2.45. The Bertz CT molecular complexity index is 7880. The first-order chi connectivity index (χ1) is 62.4. The first-order valence-corrected chi connectivity index (χ1v) is 43.7. The fourth-order valence-electron chi connectivity index (χ4n) is 20.5. The van der Waals surface area contributed by atoms with Crippen LogP contribution in [0.2, 0.25) is 0 Å². The number of nitrogens with zero attached hydrogens (tertiary/aromatic N) is 3. The standard InChI is InChI=1S/C122H78BN3/c1-3-39-103(40-4-1)124(104-41-5-2-6-42-104)107-77-120-122-121(78-107)126(106-59-53-84(54-60-106)109-68-90-32-16-18-34-92(90)70-111(109)98-48-44-80-24-8-12-28-86(80)64-98)119-62-56-102(115-74-96-38-22-20-36-94(96)72-113(115)100-50-46-82-26-10-14-30-88(82)66-100)76-117(119)123(122)116-75-101(114-73-95-37-21-19-35-93(95)71-112(114)99-49-45-81-25-9-13-29-87(81)65-99)55-61-118(116)125(120)105-57-51-83(52-58-105)108-67-89-31-15-17-33-91(89)69-110(108)97-47-43-79-23-7-11-27-85(79)63-97/h1-78H. The minimum absolute atomic E-state index is 0.333. The van der Waals surface area contributed by atoms with Gasteiger partial charge >= 0.3 is 0 Å². The number of fused-ring (bicyclic) bond motifs is 12. The molecule has 126 heavy (non-hydrogen) atoms. The summed E-state index contributed by atoms with van der Waals surface area (Å²) in [5.74, 6) is 0. The number of hydrogen-bond acceptors (Lipinski definition) is 3. The van der Waals surface area contributed by atoms with Crippen LogP contribution in [0.5, 0.6) is 0 Å². The Morgan fingerprint density at radius 3 is 0.635 bits per heavy atom. The van der Waals surface area contributed by atoms with Gasteiger partial charge in [-0.05, 0) is 337 Å². The van der Waals surface area contributed by atoms with E-state index in [1.54, 1.807) is 0 Å². The van der Waals surface area contributed by atoms with Gasteiger partial charge in [0.15, 0.2) is 0 Å². The van der Waals surface area contributed by atoms with Gasteiger partial charge in [0.1, 0.15) is 0 Å². The molecule has 0 saturated carbocycles. The van der Waals surface area contributed by atoms with E-state index in [2.05, 4.69) is 488 Å². The molecule has 0 saturated heterocycles. The van der Waals surface area contributed by atoms with Gasteiger partial charge in [-0.25, -0.2) is 0 Å². The van der Waals surface area contributed by atoms with Crippen molar-refractivity contribution >= 4 is 160 Å². The molecule has 4 heteroatoms. The van der Waals surface area contributed by atoms with Crippen LogP contribution >= 0.6 is 0 Å². The van der Waals surface area contributed by atoms with Gasteiger partial charge < -0.3 is 14.7 Å². The molecule has 0 aromatic heterocycles. The van der Waals surface area contributed by atoms with Gasteiger partial charge in [0.2, 0.25) is 0 Å². The molecule has 23 aromatic carbocycles. The van der Waals surface area contributed by atoms with Crippen LogP contribution in [0.25, 0.3) is 175 Å². The highest BCUT2D eigenvalue weighted by molar-refractivity contribution is 7.00. The quantitative estimate of drug-likeness (QED) is 0.107. The summed E-state index contributed by atoms with van der Waals surface area (Å²) in [6.07, 6.45) is 0. The second-order valence-corrected chi connectivity index (χ2v) is 33.9. The van der Waals surface area contributed by atoms with E-state index in [1.165, 1.54) is 169 Å². The molecule has 584 valence electrons. The Hall–Kier alpha value is -16.4. The van der Waals surface area contributed by atoms with Gasteiger partial charge in [-0.1, -0.05) is 328 Å². The van der Waals surface area contributed by atoms with Gasteiger partial charge in [0.05, 0.1) is 5.69 Å². The number of hydrogen-bond donors (Lipinski definition) is 0. The zero-order valence-electron chi connectivity index (χ0n) is 69.0. The summed E-state index contributed by atoms with van der Waals surface area (Å²) < 4.78 is 0. The zero-order chi connectivity index (χ0) is 82.9. The maximum Gasteiger partial charge on any atom is 0.252 e. The van der Waals surface area contributed by atoms with Gasteiger partial charge in [-0.3, -0.25) is 0 Å². The SMILES string of the molecule is c1ccc(N(c2ccccc2)c2cc3c4c(c2)N(c2ccc(-c5cc6ccccc6cc5-c5ccc6ccccc6c5)cc2)c2ccc(-c5cc6ccccc6cc5-c5ccc6ccccc6c5)cc2B4c2cc(-c4cc5ccccc5cc4-c4ccc5ccccc5c4)ccc2N3c2ccc(-c3cc4ccccc4cc3-c3ccc4ccccc4c3)cc2)cc1. The summed E-state index contributed by atoms with van der Waals surface area (Å²) in [6.45, 7) is -0.333. The minimum Gasteiger partial charge on any atom is -0.311 e. The Morgan fingerprint density at radius 2 is 0.365 bits per heavy atom. The monoisotopic (exact) mass is 1600 g/mol. The molecule has 3 nitrogen and oxygen atoms in total. The van der Waals surface area contributed by atoms with E-state index in [4.69, 9.17) is 0 Å². The van der Waals surface area contributed by atoms with Crippen molar-refractivity contribution < 1.29 is 0 Å². The fraction of sp³-hybridized carbons (Fsp3) is 0. The van der Waals surface area contributed by atoms with Crippen molar-refractivity contribution in [2.75, 3.05) is 14.7 Å². The van der Waals surface area contributed by atoms with Crippen LogP contribution in [0.1, 0.15) is 0 Å². The summed E-state index contributed by atoms with van der Waals surface area (Å²) in [5, 5.41) is 19.3. The normalized spacial score (nSPS) is 12.2. The van der Waals surface area contributed by atoms with E-state index < -0.39 is 0 Å². The maximum atomic E-state index is 2.61. The van der Waals surface area contributed by atoms with Gasteiger partial charge in [0.25, 0.3) is 6.71 Å². The average molecular weight is 1600 g/mol. The summed E-state index contributed by atoms with van der Waals surface area (Å²) >= 11 is 0. The summed E-state index contributed by atoms with van der Waals surface area (Å²) in [4.78, 5) is 7.67. The summed E-state index contributed by atoms with van der Waals surface area (Å²) in [6, 6.07) is 178. The Kier molecular flexibility index (Phi) is 17.1. The molecule has 0 aliphatic carbocycles. The van der Waals surface area contributed by atoms with Crippen molar-refractivity contribution in [1.82, 2.24) is 0 Å². The highest BCUT2D eigenvalue weighted by atomic mass is 15.2. The van der Waals surface area contributed by atoms with Gasteiger partial charge in [0, 0.05) is 45.5 Å². The van der Waals surface area contributed by atoms with E-state index >= 15 is 0 Å². The molecule has 0 radical (unpaired) electrons. The lowest BCUT2D eigenvalue weighted by molar-refractivity contribution is 1.23. The Morgan fingerprint density at radius 1 is 0.151 bits per heavy atom. The Balaban J connectivity index is 0.770. The molecular weight excluding hydrogens is 1520 g/mol. The maximum absolute atomic E-state index is 2.61. The van der Waals surface area contributed by atoms with Gasteiger partial charge in [-0.2, -0.15) is 0 Å². The highest BCUT2D eigenvalue weighted by Gasteiger charge is 2.45. The molecule has 0 bridgehead atoms. The van der Waals surface area contributed by atoms with E-state index in [0.29, 0.717) is 0 Å². The second kappa shape index (κ2) is 29.7. The summed E-state index contributed by atoms with van der Waals surface area (Å²) in [7, 11) is 0. The number of para-hydroxylation sites is 2. The predicted molar refractivity (Wildman–Crippen MR) is 539 cm³/mol. The molecule has 2 heterocycles. The van der Waals surface area contributed by atoms with Crippen LogP contribution in [-0.2, 0) is 0 Å². The molecule has 25 rings (SSSR count). The number of anilines is 9. The minimum atomic E-state index is -0.333. The highest BCUT2D eigenvalue weighted by Crippen LogP contribution is 2.52. The van der Waals surface area contributed by atoms with Crippen molar-refractivity contribution in [2.45, 2.75) is 0 Å². The van der Waals surface area contributed by atoms with Crippen molar-refractivity contribution in [3.05, 3.63) is 473 Å². The van der Waals surface area contributed by atoms with E-state index in [9.17, 15) is 0 Å². The molecule has 0 spiro atoms. The predicted octanol–water partition coefficient (Wildman–Crippen LogP) is 31.8. The molecule has 0 unspecified atom stereocenters. The van der Waals surface area contributed by atoms with Crippen LogP contribution < -0.4 is 31.1 Å². The smallest absolute Gasteiger partial charge is 0.252 e. The van der Waals surface area contributed by atoms with E-state index in [0.717, 1.165) is 73.4 Å². The average Bonchev–Trinajstić information content (AvgIpc) is 0.690. The lowest BCUT2D eigenvalue weighted by Crippen LogP contribution is -2.61. The molecule has 2 aliphatic rings. The van der Waals surface area contributed by atoms with Crippen LogP contribution in [-0.4, -0.2) is 6.71 Å². The second-order valence-electron chi connectivity index (χ2n) is 33.9. The molecule has 2 aliphatic heterocycles. The van der Waals surface area contributed by atoms with Crippen molar-refractivity contribution in [1.29, 1.82) is 0 Å². The molecule has 0 amide bonds. The topological polar surface area (TPSA) is 9.72 Å². The molecule has 0 fully saturated rings. The van der Waals surface area contributed by atoms with Crippen molar-refractivity contribution in [3.8, 4) is 89.0 Å². The largest absolute Gasteiger partial charge is 0.311 e. The third-order valence-electron chi connectivity index (χ3n) is 26.6.